The second-order valence-electron chi connectivity index (χ2n) is 8.02. The van der Waals surface area contributed by atoms with Crippen molar-refractivity contribution >= 4 is 27.3 Å². The molecule has 2 aliphatic heterocycles. The van der Waals surface area contributed by atoms with Gasteiger partial charge in [0.25, 0.3) is 5.91 Å². The number of amidine groups is 1. The standard InChI is InChI=1S/C20H22FN5O4S/c1-12-8-24-16(9-23-12)17(27)25-13-3-4-15(21)14(7-13)19(2)11-31(28,29)20(18(22)26-19)5-6-30-10-20/h3-4,7-9H,5-6,10-11H2,1-2H3,(H2,22,26)(H,25,27)/t19-,20-/m0/s1. The fraction of sp³-hybridized carbons (Fsp3) is 0.400. The topological polar surface area (TPSA) is 137 Å². The number of nitrogens with zero attached hydrogens (tertiary/aromatic N) is 3. The van der Waals surface area contributed by atoms with Gasteiger partial charge in [-0.15, -0.1) is 0 Å². The molecule has 1 aromatic heterocycles. The molecule has 1 aromatic carbocycles. The van der Waals surface area contributed by atoms with Crippen LogP contribution in [0.2, 0.25) is 0 Å². The van der Waals surface area contributed by atoms with Crippen LogP contribution in [0.15, 0.2) is 35.6 Å². The zero-order valence-electron chi connectivity index (χ0n) is 17.1. The van der Waals surface area contributed by atoms with Crippen LogP contribution in [0.4, 0.5) is 10.1 Å². The van der Waals surface area contributed by atoms with E-state index in [1.54, 1.807) is 6.92 Å². The van der Waals surface area contributed by atoms with Gasteiger partial charge >= 0.3 is 0 Å². The molecule has 3 N–H and O–H groups in total. The van der Waals surface area contributed by atoms with Crippen LogP contribution in [0.1, 0.15) is 35.1 Å². The Morgan fingerprint density at radius 2 is 2.06 bits per heavy atom. The molecule has 9 nitrogen and oxygen atoms in total. The summed E-state index contributed by atoms with van der Waals surface area (Å²) in [6.07, 6.45) is 3.01. The molecular weight excluding hydrogens is 425 g/mol. The van der Waals surface area contributed by atoms with E-state index in [1.165, 1.54) is 31.5 Å². The van der Waals surface area contributed by atoms with Crippen molar-refractivity contribution in [1.29, 1.82) is 0 Å². The number of sulfone groups is 1. The van der Waals surface area contributed by atoms with Gasteiger partial charge in [0.2, 0.25) is 0 Å². The fourth-order valence-corrected chi connectivity index (χ4v) is 6.18. The molecular formula is C20H22FN5O4S. The highest BCUT2D eigenvalue weighted by atomic mass is 32.2. The zero-order valence-corrected chi connectivity index (χ0v) is 17.9. The van der Waals surface area contributed by atoms with Gasteiger partial charge in [0, 0.05) is 24.1 Å². The van der Waals surface area contributed by atoms with Crippen LogP contribution in [0.25, 0.3) is 0 Å². The Bertz CT molecular complexity index is 1180. The number of carbonyl (C=O) groups excluding carboxylic acids is 1. The summed E-state index contributed by atoms with van der Waals surface area (Å²) in [6.45, 7) is 3.46. The summed E-state index contributed by atoms with van der Waals surface area (Å²) in [4.78, 5) is 24.9. The lowest BCUT2D eigenvalue weighted by atomic mass is 9.92. The number of rotatable bonds is 3. The van der Waals surface area contributed by atoms with Crippen molar-refractivity contribution in [1.82, 2.24) is 9.97 Å². The number of amides is 1. The number of halogens is 1. The van der Waals surface area contributed by atoms with Crippen LogP contribution >= 0.6 is 0 Å². The van der Waals surface area contributed by atoms with E-state index in [0.717, 1.165) is 6.07 Å². The number of ether oxygens (including phenoxy) is 1. The van der Waals surface area contributed by atoms with Crippen LogP contribution in [-0.4, -0.2) is 53.8 Å². The first-order valence-corrected chi connectivity index (χ1v) is 11.3. The normalized spacial score (nSPS) is 27.1. The number of aliphatic imine (C=N–C) groups is 1. The molecule has 0 radical (unpaired) electrons. The monoisotopic (exact) mass is 447 g/mol. The minimum Gasteiger partial charge on any atom is -0.386 e. The first kappa shape index (κ1) is 21.3. The second-order valence-corrected chi connectivity index (χ2v) is 10.3. The van der Waals surface area contributed by atoms with Crippen molar-refractivity contribution in [2.24, 2.45) is 10.7 Å². The minimum absolute atomic E-state index is 0.0144. The third kappa shape index (κ3) is 3.57. The summed E-state index contributed by atoms with van der Waals surface area (Å²) < 4.78 is 45.0. The highest BCUT2D eigenvalue weighted by molar-refractivity contribution is 7.93. The van der Waals surface area contributed by atoms with Gasteiger partial charge in [-0.3, -0.25) is 14.8 Å². The summed E-state index contributed by atoms with van der Waals surface area (Å²) in [5, 5.41) is 2.62. The van der Waals surface area contributed by atoms with Gasteiger partial charge in [-0.1, -0.05) is 0 Å². The first-order chi connectivity index (χ1) is 14.6. The SMILES string of the molecule is Cc1cnc(C(=O)Nc2ccc(F)c([C@]3(C)CS(=O)(=O)[C@]4(CCOC4)C(N)=N3)c2)cn1. The molecule has 4 rings (SSSR count). The molecule has 0 unspecified atom stereocenters. The van der Waals surface area contributed by atoms with Gasteiger partial charge in [0.05, 0.1) is 24.3 Å². The Balaban J connectivity index is 1.69. The van der Waals surface area contributed by atoms with Crippen LogP contribution in [0.5, 0.6) is 0 Å². The maximum absolute atomic E-state index is 14.8. The van der Waals surface area contributed by atoms with E-state index in [1.807, 2.05) is 0 Å². The number of nitrogens with one attached hydrogen (secondary N) is 1. The lowest BCUT2D eigenvalue weighted by Gasteiger charge is -2.39. The molecule has 31 heavy (non-hydrogen) atoms. The van der Waals surface area contributed by atoms with Crippen molar-refractivity contribution in [3.8, 4) is 0 Å². The Morgan fingerprint density at radius 3 is 2.68 bits per heavy atom. The van der Waals surface area contributed by atoms with Gasteiger partial charge in [0.15, 0.2) is 14.6 Å². The molecule has 2 aromatic rings. The Hall–Kier alpha value is -2.92. The molecule has 11 heteroatoms. The van der Waals surface area contributed by atoms with Gasteiger partial charge in [-0.2, -0.15) is 0 Å². The van der Waals surface area contributed by atoms with Crippen LogP contribution in [0.3, 0.4) is 0 Å². The van der Waals surface area contributed by atoms with Gasteiger partial charge < -0.3 is 15.8 Å². The van der Waals surface area contributed by atoms with Crippen molar-refractivity contribution in [2.75, 3.05) is 24.3 Å². The molecule has 0 saturated carbocycles. The molecule has 1 amide bonds. The average Bonchev–Trinajstić information content (AvgIpc) is 3.20. The fourth-order valence-electron chi connectivity index (χ4n) is 3.92. The summed E-state index contributed by atoms with van der Waals surface area (Å²) in [5.41, 5.74) is 5.68. The average molecular weight is 447 g/mol. The smallest absolute Gasteiger partial charge is 0.275 e. The quantitative estimate of drug-likeness (QED) is 0.724. The molecule has 3 heterocycles. The minimum atomic E-state index is -3.78. The molecule has 1 fully saturated rings. The van der Waals surface area contributed by atoms with E-state index in [9.17, 15) is 17.6 Å². The first-order valence-electron chi connectivity index (χ1n) is 9.62. The molecule has 2 aliphatic rings. The summed E-state index contributed by atoms with van der Waals surface area (Å²) in [6, 6.07) is 3.89. The van der Waals surface area contributed by atoms with Gasteiger partial charge in [-0.05, 0) is 38.5 Å². The number of aromatic nitrogens is 2. The highest BCUT2D eigenvalue weighted by Gasteiger charge is 2.57. The lowest BCUT2D eigenvalue weighted by molar-refractivity contribution is 0.102. The van der Waals surface area contributed by atoms with Gasteiger partial charge in [-0.25, -0.2) is 17.8 Å². The van der Waals surface area contributed by atoms with E-state index < -0.39 is 37.6 Å². The molecule has 1 spiro atoms. The maximum Gasteiger partial charge on any atom is 0.275 e. The number of nitrogens with two attached hydrogens (primary N) is 1. The number of anilines is 1. The van der Waals surface area contributed by atoms with E-state index in [-0.39, 0.29) is 42.4 Å². The summed E-state index contributed by atoms with van der Waals surface area (Å²) >= 11 is 0. The molecule has 0 bridgehead atoms. The Kier molecular flexibility index (Phi) is 5.05. The summed E-state index contributed by atoms with van der Waals surface area (Å²) in [7, 11) is -3.78. The number of aryl methyl sites for hydroxylation is 1. The van der Waals surface area contributed by atoms with Crippen molar-refractivity contribution < 1.29 is 22.3 Å². The van der Waals surface area contributed by atoms with Crippen LogP contribution < -0.4 is 11.1 Å². The number of hydrogen-bond acceptors (Lipinski definition) is 8. The number of hydrogen-bond donors (Lipinski definition) is 2. The van der Waals surface area contributed by atoms with Crippen molar-refractivity contribution in [3.63, 3.8) is 0 Å². The largest absolute Gasteiger partial charge is 0.386 e. The van der Waals surface area contributed by atoms with Crippen LogP contribution in [-0.2, 0) is 20.1 Å². The van der Waals surface area contributed by atoms with Crippen LogP contribution in [0, 0.1) is 12.7 Å². The zero-order chi connectivity index (χ0) is 22.4. The molecule has 0 aliphatic carbocycles. The van der Waals surface area contributed by atoms with E-state index in [4.69, 9.17) is 10.5 Å². The third-order valence-corrected chi connectivity index (χ3v) is 8.37. The van der Waals surface area contributed by atoms with Crippen molar-refractivity contribution in [2.45, 2.75) is 30.6 Å². The molecule has 1 saturated heterocycles. The highest BCUT2D eigenvalue weighted by Crippen LogP contribution is 2.41. The summed E-state index contributed by atoms with van der Waals surface area (Å²) in [5.74, 6) is -1.69. The maximum atomic E-state index is 14.8. The Labute approximate surface area is 178 Å². The number of benzene rings is 1. The predicted octanol–water partition coefficient (Wildman–Crippen LogP) is 1.34. The Morgan fingerprint density at radius 1 is 1.29 bits per heavy atom. The molecule has 164 valence electrons. The van der Waals surface area contributed by atoms with Crippen molar-refractivity contribution in [3.05, 3.63) is 53.4 Å². The lowest BCUT2D eigenvalue weighted by Crippen LogP contribution is -2.58. The number of carbonyl (C=O) groups is 1. The molecule has 2 atom stereocenters. The van der Waals surface area contributed by atoms with E-state index in [0.29, 0.717) is 5.69 Å². The predicted molar refractivity (Wildman–Crippen MR) is 112 cm³/mol. The van der Waals surface area contributed by atoms with Gasteiger partial charge in [0.1, 0.15) is 22.9 Å². The second kappa shape index (κ2) is 7.34. The van der Waals surface area contributed by atoms with E-state index in [2.05, 4.69) is 20.3 Å². The third-order valence-electron chi connectivity index (χ3n) is 5.70. The van der Waals surface area contributed by atoms with E-state index >= 15 is 0 Å².